The van der Waals surface area contributed by atoms with Crippen LogP contribution in [0.25, 0.3) is 21.9 Å². The molecule has 0 amide bonds. The summed E-state index contributed by atoms with van der Waals surface area (Å²) in [5.74, 6) is 0.822. The van der Waals surface area contributed by atoms with Crippen LogP contribution in [-0.2, 0) is 10.0 Å². The predicted octanol–water partition coefficient (Wildman–Crippen LogP) is 1.34. The Hall–Kier alpha value is -2.50. The maximum absolute atomic E-state index is 11.5. The molecule has 0 radical (unpaired) electrons. The number of aromatic nitrogens is 3. The van der Waals surface area contributed by atoms with E-state index in [-0.39, 0.29) is 5.92 Å². The molecule has 4 rings (SSSR count). The largest absolute Gasteiger partial charge is 0.340 e. The zero-order valence-corrected chi connectivity index (χ0v) is 13.1. The molecule has 1 saturated heterocycles. The highest BCUT2D eigenvalue weighted by Gasteiger charge is 2.36. The van der Waals surface area contributed by atoms with Crippen LogP contribution >= 0.6 is 0 Å². The van der Waals surface area contributed by atoms with Crippen molar-refractivity contribution in [2.45, 2.75) is 5.92 Å². The fraction of sp³-hybridized carbons (Fsp3) is 0.267. The van der Waals surface area contributed by atoms with Crippen molar-refractivity contribution in [3.63, 3.8) is 0 Å². The van der Waals surface area contributed by atoms with Crippen LogP contribution in [0.1, 0.15) is 17.3 Å². The number of aromatic amines is 1. The molecule has 116 valence electrons. The van der Waals surface area contributed by atoms with Gasteiger partial charge in [-0.2, -0.15) is 5.26 Å². The molecule has 3 aromatic rings. The Morgan fingerprint density at radius 3 is 2.87 bits per heavy atom. The number of nitriles is 1. The number of nitrogens with one attached hydrogen (secondary N) is 1. The molecule has 7 nitrogen and oxygen atoms in total. The number of H-pyrrole nitrogens is 1. The molecule has 0 unspecified atom stereocenters. The Morgan fingerprint density at radius 2 is 2.17 bits per heavy atom. The second-order valence-corrected chi connectivity index (χ2v) is 7.75. The molecule has 1 fully saturated rings. The predicted molar refractivity (Wildman–Crippen MR) is 85.3 cm³/mol. The fourth-order valence-corrected chi connectivity index (χ4v) is 3.72. The summed E-state index contributed by atoms with van der Waals surface area (Å²) in [6.07, 6.45) is 2.93. The van der Waals surface area contributed by atoms with Crippen LogP contribution in [0, 0.1) is 11.3 Å². The second kappa shape index (κ2) is 4.75. The monoisotopic (exact) mass is 327 g/mol. The number of pyridine rings is 1. The third-order valence-electron chi connectivity index (χ3n) is 4.17. The number of hydrogen-bond acceptors (Lipinski definition) is 5. The first-order valence-electron chi connectivity index (χ1n) is 7.09. The van der Waals surface area contributed by atoms with E-state index in [1.54, 1.807) is 24.4 Å². The van der Waals surface area contributed by atoms with Gasteiger partial charge in [-0.3, -0.25) is 4.98 Å². The molecule has 0 atom stereocenters. The van der Waals surface area contributed by atoms with Crippen molar-refractivity contribution < 1.29 is 8.42 Å². The summed E-state index contributed by atoms with van der Waals surface area (Å²) >= 11 is 0. The van der Waals surface area contributed by atoms with Crippen molar-refractivity contribution in [2.75, 3.05) is 19.3 Å². The van der Waals surface area contributed by atoms with Gasteiger partial charge < -0.3 is 4.98 Å². The van der Waals surface area contributed by atoms with Crippen molar-refractivity contribution in [2.24, 2.45) is 0 Å². The number of benzene rings is 1. The lowest BCUT2D eigenvalue weighted by Crippen LogP contribution is -2.48. The van der Waals surface area contributed by atoms with Crippen molar-refractivity contribution in [1.82, 2.24) is 19.3 Å². The van der Waals surface area contributed by atoms with Gasteiger partial charge in [-0.15, -0.1) is 0 Å². The van der Waals surface area contributed by atoms with Crippen LogP contribution in [0.4, 0.5) is 0 Å². The molecule has 0 spiro atoms. The average molecular weight is 327 g/mol. The topological polar surface area (TPSA) is 103 Å². The maximum Gasteiger partial charge on any atom is 0.211 e. The van der Waals surface area contributed by atoms with Crippen molar-refractivity contribution in [3.8, 4) is 6.07 Å². The summed E-state index contributed by atoms with van der Waals surface area (Å²) in [5, 5.41) is 9.88. The first-order valence-corrected chi connectivity index (χ1v) is 8.94. The minimum Gasteiger partial charge on any atom is -0.340 e. The van der Waals surface area contributed by atoms with E-state index in [0.29, 0.717) is 18.7 Å². The van der Waals surface area contributed by atoms with Gasteiger partial charge in [0.05, 0.1) is 40.6 Å². The molecular formula is C15H13N5O2S. The minimum absolute atomic E-state index is 0.0614. The highest BCUT2D eigenvalue weighted by Crippen LogP contribution is 2.30. The van der Waals surface area contributed by atoms with E-state index in [4.69, 9.17) is 5.26 Å². The van der Waals surface area contributed by atoms with E-state index in [0.717, 1.165) is 27.8 Å². The van der Waals surface area contributed by atoms with Gasteiger partial charge in [0, 0.05) is 24.4 Å². The van der Waals surface area contributed by atoms with Gasteiger partial charge in [0.15, 0.2) is 0 Å². The number of sulfonamides is 1. The van der Waals surface area contributed by atoms with Crippen LogP contribution in [-0.4, -0.2) is 47.0 Å². The summed E-state index contributed by atoms with van der Waals surface area (Å²) in [6, 6.07) is 7.42. The summed E-state index contributed by atoms with van der Waals surface area (Å²) in [5.41, 5.74) is 2.89. The molecule has 0 aliphatic carbocycles. The highest BCUT2D eigenvalue weighted by atomic mass is 32.2. The molecule has 8 heteroatoms. The summed E-state index contributed by atoms with van der Waals surface area (Å²) in [6.45, 7) is 0.876. The van der Waals surface area contributed by atoms with Gasteiger partial charge >= 0.3 is 0 Å². The van der Waals surface area contributed by atoms with Crippen LogP contribution in [0.3, 0.4) is 0 Å². The van der Waals surface area contributed by atoms with E-state index < -0.39 is 10.0 Å². The first-order chi connectivity index (χ1) is 11.0. The Balaban J connectivity index is 1.77. The zero-order valence-electron chi connectivity index (χ0n) is 12.3. The number of hydrogen-bond donors (Lipinski definition) is 1. The molecule has 3 heterocycles. The highest BCUT2D eigenvalue weighted by molar-refractivity contribution is 7.88. The van der Waals surface area contributed by atoms with Gasteiger partial charge in [0.1, 0.15) is 5.82 Å². The third-order valence-corrected chi connectivity index (χ3v) is 5.40. The fourth-order valence-electron chi connectivity index (χ4n) is 2.82. The quantitative estimate of drug-likeness (QED) is 0.765. The van der Waals surface area contributed by atoms with Crippen molar-refractivity contribution in [1.29, 1.82) is 5.26 Å². The van der Waals surface area contributed by atoms with Crippen molar-refractivity contribution >= 4 is 32.0 Å². The van der Waals surface area contributed by atoms with Gasteiger partial charge in [-0.1, -0.05) is 0 Å². The average Bonchev–Trinajstić information content (AvgIpc) is 2.87. The lowest BCUT2D eigenvalue weighted by atomic mass is 10.0. The maximum atomic E-state index is 11.5. The summed E-state index contributed by atoms with van der Waals surface area (Å²) < 4.78 is 24.4. The Bertz CT molecular complexity index is 1070. The molecule has 2 aromatic heterocycles. The van der Waals surface area contributed by atoms with Crippen LogP contribution < -0.4 is 0 Å². The van der Waals surface area contributed by atoms with E-state index in [1.807, 2.05) is 0 Å². The van der Waals surface area contributed by atoms with Gasteiger partial charge in [-0.25, -0.2) is 17.7 Å². The van der Waals surface area contributed by atoms with Gasteiger partial charge in [-0.05, 0) is 18.2 Å². The van der Waals surface area contributed by atoms with Crippen molar-refractivity contribution in [3.05, 3.63) is 35.8 Å². The second-order valence-electron chi connectivity index (χ2n) is 5.76. The molecule has 1 aromatic carbocycles. The molecule has 23 heavy (non-hydrogen) atoms. The first kappa shape index (κ1) is 14.1. The molecule has 1 aliphatic rings. The lowest BCUT2D eigenvalue weighted by Gasteiger charge is -2.35. The molecule has 0 bridgehead atoms. The molecule has 0 saturated carbocycles. The zero-order chi connectivity index (χ0) is 16.2. The standard InChI is InChI=1S/C15H13N5O2S/c1-23(21,22)20-7-10(8-20)15-18-13-6-17-12-3-2-9(5-16)4-11(12)14(13)19-15/h2-4,6,10H,7-8H2,1H3,(H,18,19). The van der Waals surface area contributed by atoms with Gasteiger partial charge in [0.2, 0.25) is 10.0 Å². The van der Waals surface area contributed by atoms with Crippen LogP contribution in [0.15, 0.2) is 24.4 Å². The lowest BCUT2D eigenvalue weighted by molar-refractivity contribution is 0.259. The Morgan fingerprint density at radius 1 is 1.39 bits per heavy atom. The van der Waals surface area contributed by atoms with E-state index in [1.165, 1.54) is 10.6 Å². The number of fused-ring (bicyclic) bond motifs is 3. The van der Waals surface area contributed by atoms with E-state index in [9.17, 15) is 8.42 Å². The molecule has 1 aliphatic heterocycles. The summed E-state index contributed by atoms with van der Waals surface area (Å²) in [4.78, 5) is 12.2. The number of rotatable bonds is 2. The van der Waals surface area contributed by atoms with Crippen LogP contribution in [0.5, 0.6) is 0 Å². The molecular weight excluding hydrogens is 314 g/mol. The SMILES string of the molecule is CS(=O)(=O)N1CC(c2nc3c(cnc4ccc(C#N)cc43)[nH]2)C1. The van der Waals surface area contributed by atoms with E-state index >= 15 is 0 Å². The number of nitrogens with zero attached hydrogens (tertiary/aromatic N) is 4. The summed E-state index contributed by atoms with van der Waals surface area (Å²) in [7, 11) is -3.14. The van der Waals surface area contributed by atoms with Crippen LogP contribution in [0.2, 0.25) is 0 Å². The normalized spacial score (nSPS) is 16.5. The van der Waals surface area contributed by atoms with E-state index in [2.05, 4.69) is 21.0 Å². The Kier molecular flexibility index (Phi) is 2.91. The number of imidazole rings is 1. The molecule has 1 N–H and O–H groups in total. The van der Waals surface area contributed by atoms with Gasteiger partial charge in [0.25, 0.3) is 0 Å². The third kappa shape index (κ3) is 2.25. The smallest absolute Gasteiger partial charge is 0.211 e. The minimum atomic E-state index is -3.14. The Labute approximate surface area is 132 Å².